The first-order valence-corrected chi connectivity index (χ1v) is 7.33. The minimum absolute atomic E-state index is 0.489. The molecule has 2 N–H and O–H groups in total. The SMILES string of the molecule is COc1ccc(NC(C)CC2CCCCN2)c(C)c1. The second-order valence-electron chi connectivity index (χ2n) is 5.61. The predicted octanol–water partition coefficient (Wildman–Crippen LogP) is 3.34. The lowest BCUT2D eigenvalue weighted by Gasteiger charge is -2.27. The Morgan fingerprint density at radius 2 is 2.26 bits per heavy atom. The molecule has 3 heteroatoms. The zero-order chi connectivity index (χ0) is 13.7. The molecule has 2 rings (SSSR count). The van der Waals surface area contributed by atoms with E-state index in [1.807, 2.05) is 6.07 Å². The summed E-state index contributed by atoms with van der Waals surface area (Å²) in [6.07, 6.45) is 5.20. The standard InChI is InChI=1S/C16H26N2O/c1-12-10-15(19-3)7-8-16(12)18-13(2)11-14-6-4-5-9-17-14/h7-8,10,13-14,17-18H,4-6,9,11H2,1-3H3. The van der Waals surface area contributed by atoms with Crippen LogP contribution in [0.4, 0.5) is 5.69 Å². The quantitative estimate of drug-likeness (QED) is 0.854. The van der Waals surface area contributed by atoms with E-state index in [1.165, 1.54) is 43.5 Å². The van der Waals surface area contributed by atoms with E-state index < -0.39 is 0 Å². The van der Waals surface area contributed by atoms with E-state index >= 15 is 0 Å². The van der Waals surface area contributed by atoms with Crippen LogP contribution in [0.2, 0.25) is 0 Å². The lowest BCUT2D eigenvalue weighted by molar-refractivity contribution is 0.371. The molecule has 1 fully saturated rings. The number of benzene rings is 1. The summed E-state index contributed by atoms with van der Waals surface area (Å²) in [5.41, 5.74) is 2.45. The Kier molecular flexibility index (Phi) is 5.08. The minimum atomic E-state index is 0.489. The van der Waals surface area contributed by atoms with Crippen molar-refractivity contribution in [1.82, 2.24) is 5.32 Å². The predicted molar refractivity (Wildman–Crippen MR) is 81.1 cm³/mol. The third kappa shape index (κ3) is 4.13. The summed E-state index contributed by atoms with van der Waals surface area (Å²) in [4.78, 5) is 0. The fourth-order valence-corrected chi connectivity index (χ4v) is 2.80. The number of aryl methyl sites for hydroxylation is 1. The molecular weight excluding hydrogens is 236 g/mol. The van der Waals surface area contributed by atoms with Gasteiger partial charge in [0, 0.05) is 17.8 Å². The summed E-state index contributed by atoms with van der Waals surface area (Å²) in [6, 6.07) is 7.37. The molecule has 1 aliphatic heterocycles. The number of ether oxygens (including phenoxy) is 1. The van der Waals surface area contributed by atoms with E-state index in [-0.39, 0.29) is 0 Å². The molecule has 0 saturated carbocycles. The molecule has 1 aromatic carbocycles. The lowest BCUT2D eigenvalue weighted by atomic mass is 9.98. The maximum absolute atomic E-state index is 5.24. The molecule has 0 aromatic heterocycles. The van der Waals surface area contributed by atoms with E-state index in [0.29, 0.717) is 12.1 Å². The van der Waals surface area contributed by atoms with Gasteiger partial charge in [0.25, 0.3) is 0 Å². The molecule has 1 heterocycles. The molecule has 0 spiro atoms. The number of hydrogen-bond donors (Lipinski definition) is 2. The van der Waals surface area contributed by atoms with Crippen LogP contribution in [0.15, 0.2) is 18.2 Å². The van der Waals surface area contributed by atoms with Gasteiger partial charge in [0.1, 0.15) is 5.75 Å². The Morgan fingerprint density at radius 3 is 2.89 bits per heavy atom. The number of rotatable bonds is 5. The largest absolute Gasteiger partial charge is 0.497 e. The topological polar surface area (TPSA) is 33.3 Å². The van der Waals surface area contributed by atoms with Crippen LogP contribution >= 0.6 is 0 Å². The number of piperidine rings is 1. The summed E-state index contributed by atoms with van der Waals surface area (Å²) in [6.45, 7) is 5.56. The highest BCUT2D eigenvalue weighted by Crippen LogP contribution is 2.23. The number of anilines is 1. The third-order valence-corrected chi connectivity index (χ3v) is 3.89. The van der Waals surface area contributed by atoms with Gasteiger partial charge in [-0.25, -0.2) is 0 Å². The summed E-state index contributed by atoms with van der Waals surface area (Å²) in [5.74, 6) is 0.921. The summed E-state index contributed by atoms with van der Waals surface area (Å²) >= 11 is 0. The molecule has 0 radical (unpaired) electrons. The average Bonchev–Trinajstić information content (AvgIpc) is 2.42. The van der Waals surface area contributed by atoms with Gasteiger partial charge in [0.15, 0.2) is 0 Å². The maximum atomic E-state index is 5.24. The van der Waals surface area contributed by atoms with Gasteiger partial charge in [-0.3, -0.25) is 0 Å². The van der Waals surface area contributed by atoms with Gasteiger partial charge in [-0.15, -0.1) is 0 Å². The molecule has 1 saturated heterocycles. The third-order valence-electron chi connectivity index (χ3n) is 3.89. The highest BCUT2D eigenvalue weighted by Gasteiger charge is 2.16. The molecule has 106 valence electrons. The zero-order valence-corrected chi connectivity index (χ0v) is 12.3. The molecule has 0 amide bonds. The van der Waals surface area contributed by atoms with Crippen molar-refractivity contribution in [3.05, 3.63) is 23.8 Å². The van der Waals surface area contributed by atoms with Crippen molar-refractivity contribution in [2.75, 3.05) is 19.0 Å². The molecule has 2 unspecified atom stereocenters. The fourth-order valence-electron chi connectivity index (χ4n) is 2.80. The van der Waals surface area contributed by atoms with E-state index in [9.17, 15) is 0 Å². The van der Waals surface area contributed by atoms with Gasteiger partial charge in [0.05, 0.1) is 7.11 Å². The van der Waals surface area contributed by atoms with Gasteiger partial charge in [0.2, 0.25) is 0 Å². The van der Waals surface area contributed by atoms with Crippen LogP contribution in [0.25, 0.3) is 0 Å². The van der Waals surface area contributed by atoms with Gasteiger partial charge >= 0.3 is 0 Å². The number of nitrogens with one attached hydrogen (secondary N) is 2. The molecular formula is C16H26N2O. The van der Waals surface area contributed by atoms with E-state index in [4.69, 9.17) is 4.74 Å². The van der Waals surface area contributed by atoms with Crippen LogP contribution in [0.5, 0.6) is 5.75 Å². The highest BCUT2D eigenvalue weighted by molar-refractivity contribution is 5.54. The second kappa shape index (κ2) is 6.80. The van der Waals surface area contributed by atoms with Crippen molar-refractivity contribution in [1.29, 1.82) is 0 Å². The highest BCUT2D eigenvalue weighted by atomic mass is 16.5. The van der Waals surface area contributed by atoms with Crippen molar-refractivity contribution in [2.45, 2.75) is 51.6 Å². The van der Waals surface area contributed by atoms with E-state index in [1.54, 1.807) is 7.11 Å². The molecule has 2 atom stereocenters. The van der Waals surface area contributed by atoms with E-state index in [2.05, 4.69) is 36.6 Å². The first kappa shape index (κ1) is 14.2. The molecule has 19 heavy (non-hydrogen) atoms. The van der Waals surface area contributed by atoms with Crippen LogP contribution in [-0.4, -0.2) is 25.7 Å². The second-order valence-corrected chi connectivity index (χ2v) is 5.61. The Balaban J connectivity index is 1.88. The van der Waals surface area contributed by atoms with Crippen molar-refractivity contribution >= 4 is 5.69 Å². The first-order valence-electron chi connectivity index (χ1n) is 7.33. The summed E-state index contributed by atoms with van der Waals surface area (Å²) in [7, 11) is 1.71. The Labute approximate surface area is 116 Å². The van der Waals surface area contributed by atoms with Gasteiger partial charge in [-0.2, -0.15) is 0 Å². The Bertz CT molecular complexity index is 400. The average molecular weight is 262 g/mol. The number of methoxy groups -OCH3 is 1. The van der Waals surface area contributed by atoms with Crippen molar-refractivity contribution < 1.29 is 4.74 Å². The molecule has 0 aliphatic carbocycles. The van der Waals surface area contributed by atoms with Gasteiger partial charge < -0.3 is 15.4 Å². The van der Waals surface area contributed by atoms with Gasteiger partial charge in [-0.05, 0) is 63.4 Å². The van der Waals surface area contributed by atoms with Crippen LogP contribution in [0.1, 0.15) is 38.2 Å². The smallest absolute Gasteiger partial charge is 0.119 e. The number of hydrogen-bond acceptors (Lipinski definition) is 3. The van der Waals surface area contributed by atoms with Gasteiger partial charge in [-0.1, -0.05) is 6.42 Å². The van der Waals surface area contributed by atoms with Crippen LogP contribution < -0.4 is 15.4 Å². The molecule has 1 aromatic rings. The maximum Gasteiger partial charge on any atom is 0.119 e. The van der Waals surface area contributed by atoms with Crippen LogP contribution in [0, 0.1) is 6.92 Å². The lowest BCUT2D eigenvalue weighted by Crippen LogP contribution is -2.37. The Hall–Kier alpha value is -1.22. The summed E-state index contributed by atoms with van der Waals surface area (Å²) in [5, 5.41) is 7.22. The normalized spacial score (nSPS) is 20.9. The van der Waals surface area contributed by atoms with Crippen LogP contribution in [0.3, 0.4) is 0 Å². The monoisotopic (exact) mass is 262 g/mol. The first-order chi connectivity index (χ1) is 9.19. The molecule has 3 nitrogen and oxygen atoms in total. The fraction of sp³-hybridized carbons (Fsp3) is 0.625. The van der Waals surface area contributed by atoms with Crippen molar-refractivity contribution in [2.24, 2.45) is 0 Å². The minimum Gasteiger partial charge on any atom is -0.497 e. The van der Waals surface area contributed by atoms with Crippen molar-refractivity contribution in [3.8, 4) is 5.75 Å². The molecule has 1 aliphatic rings. The van der Waals surface area contributed by atoms with Crippen LogP contribution in [-0.2, 0) is 0 Å². The summed E-state index contributed by atoms with van der Waals surface area (Å²) < 4.78 is 5.24. The van der Waals surface area contributed by atoms with Crippen molar-refractivity contribution in [3.63, 3.8) is 0 Å². The zero-order valence-electron chi connectivity index (χ0n) is 12.3. The Morgan fingerprint density at radius 1 is 1.42 bits per heavy atom. The molecule has 0 bridgehead atoms. The van der Waals surface area contributed by atoms with E-state index in [0.717, 1.165) is 5.75 Å².